The van der Waals surface area contributed by atoms with Crippen molar-refractivity contribution in [3.05, 3.63) is 24.0 Å². The first-order valence-corrected chi connectivity index (χ1v) is 6.76. The van der Waals surface area contributed by atoms with Gasteiger partial charge in [0.25, 0.3) is 0 Å². The fraction of sp³-hybridized carbons (Fsp3) is 0.571. The molecule has 22 heavy (non-hydrogen) atoms. The fourth-order valence-corrected chi connectivity index (χ4v) is 1.92. The van der Waals surface area contributed by atoms with E-state index in [0.717, 1.165) is 12.1 Å². The molecule has 0 N–H and O–H groups in total. The van der Waals surface area contributed by atoms with Gasteiger partial charge in [-0.3, -0.25) is 0 Å². The summed E-state index contributed by atoms with van der Waals surface area (Å²) < 4.78 is 66.0. The van der Waals surface area contributed by atoms with Gasteiger partial charge in [-0.15, -0.1) is 0 Å². The second kappa shape index (κ2) is 5.42. The van der Waals surface area contributed by atoms with Crippen molar-refractivity contribution >= 4 is 12.6 Å². The zero-order valence-corrected chi connectivity index (χ0v) is 12.8. The second-order valence-electron chi connectivity index (χ2n) is 6.18. The van der Waals surface area contributed by atoms with Crippen LogP contribution in [-0.2, 0) is 9.31 Å². The number of hydrogen-bond acceptors (Lipinski definition) is 3. The van der Waals surface area contributed by atoms with E-state index in [9.17, 15) is 17.6 Å². The van der Waals surface area contributed by atoms with Gasteiger partial charge in [-0.2, -0.15) is 13.2 Å². The van der Waals surface area contributed by atoms with E-state index in [-0.39, 0.29) is 0 Å². The van der Waals surface area contributed by atoms with E-state index in [1.807, 2.05) is 27.7 Å². The van der Waals surface area contributed by atoms with E-state index in [1.54, 1.807) is 0 Å². The molecule has 1 saturated heterocycles. The summed E-state index contributed by atoms with van der Waals surface area (Å²) in [6, 6.07) is 3.63. The molecule has 1 aliphatic rings. The largest absolute Gasteiger partial charge is 0.494 e. The monoisotopic (exact) mass is 320 g/mol. The van der Waals surface area contributed by atoms with Gasteiger partial charge in [-0.05, 0) is 45.3 Å². The minimum absolute atomic E-state index is 0.385. The van der Waals surface area contributed by atoms with Crippen LogP contribution in [0.3, 0.4) is 0 Å². The summed E-state index contributed by atoms with van der Waals surface area (Å²) in [6.07, 6.45) is -4.52. The lowest BCUT2D eigenvalue weighted by atomic mass is 9.79. The Labute approximate surface area is 126 Å². The number of halogens is 4. The third-order valence-corrected chi connectivity index (χ3v) is 3.87. The number of ether oxygens (including phenoxy) is 1. The van der Waals surface area contributed by atoms with E-state index in [2.05, 4.69) is 4.74 Å². The van der Waals surface area contributed by atoms with Crippen LogP contribution in [0.25, 0.3) is 0 Å². The molecule has 8 heteroatoms. The van der Waals surface area contributed by atoms with Gasteiger partial charge in [-0.1, -0.05) is 6.07 Å². The van der Waals surface area contributed by atoms with Gasteiger partial charge in [0.15, 0.2) is 18.2 Å². The Bertz CT molecular complexity index is 542. The fourth-order valence-electron chi connectivity index (χ4n) is 1.92. The van der Waals surface area contributed by atoms with E-state index >= 15 is 0 Å². The van der Waals surface area contributed by atoms with Crippen LogP contribution in [0.15, 0.2) is 18.2 Å². The molecule has 0 radical (unpaired) electrons. The molecular formula is C14H17BF4O3. The quantitative estimate of drug-likeness (QED) is 0.633. The van der Waals surface area contributed by atoms with Crippen LogP contribution in [0.1, 0.15) is 27.7 Å². The maximum Gasteiger partial charge on any atom is 0.494 e. The number of hydrogen-bond donors (Lipinski definition) is 0. The van der Waals surface area contributed by atoms with Crippen molar-refractivity contribution in [3.63, 3.8) is 0 Å². The Hall–Kier alpha value is -1.28. The summed E-state index contributed by atoms with van der Waals surface area (Å²) in [5.41, 5.74) is -0.783. The smallest absolute Gasteiger partial charge is 0.481 e. The average molecular weight is 320 g/mol. The summed E-state index contributed by atoms with van der Waals surface area (Å²) in [5.74, 6) is -1.35. The first-order chi connectivity index (χ1) is 9.91. The van der Waals surface area contributed by atoms with Gasteiger partial charge in [0.1, 0.15) is 0 Å². The van der Waals surface area contributed by atoms with Crippen molar-refractivity contribution in [1.82, 2.24) is 0 Å². The first-order valence-electron chi connectivity index (χ1n) is 6.76. The van der Waals surface area contributed by atoms with Crippen molar-refractivity contribution < 1.29 is 31.6 Å². The van der Waals surface area contributed by atoms with Gasteiger partial charge in [0, 0.05) is 0 Å². The molecule has 3 nitrogen and oxygen atoms in total. The summed E-state index contributed by atoms with van der Waals surface area (Å²) in [6.45, 7) is 5.86. The maximum atomic E-state index is 13.9. The Balaban J connectivity index is 2.14. The maximum absolute atomic E-state index is 13.9. The summed E-state index contributed by atoms with van der Waals surface area (Å²) in [5, 5.41) is 0. The zero-order chi connectivity index (χ0) is 16.8. The van der Waals surface area contributed by atoms with E-state index in [0.29, 0.717) is 5.46 Å². The van der Waals surface area contributed by atoms with Crippen LogP contribution >= 0.6 is 0 Å². The van der Waals surface area contributed by atoms with Crippen LogP contribution < -0.4 is 10.2 Å². The minimum Gasteiger partial charge on any atom is -0.481 e. The molecule has 1 heterocycles. The Morgan fingerprint density at radius 2 is 1.64 bits per heavy atom. The highest BCUT2D eigenvalue weighted by atomic mass is 19.4. The third-order valence-electron chi connectivity index (χ3n) is 3.87. The van der Waals surface area contributed by atoms with Crippen molar-refractivity contribution in [2.75, 3.05) is 6.61 Å². The molecule has 2 rings (SSSR count). The number of benzene rings is 1. The standard InChI is InChI=1S/C14H17BF4O3/c1-12(2)13(3,4)22-15(21-12)9-5-6-11(10(16)7-9)20-8-14(17,18)19/h5-7H,8H2,1-4H3. The Morgan fingerprint density at radius 1 is 1.09 bits per heavy atom. The molecule has 0 aliphatic carbocycles. The molecule has 0 aromatic heterocycles. The molecule has 0 unspecified atom stereocenters. The van der Waals surface area contributed by atoms with Gasteiger partial charge in [0.05, 0.1) is 11.2 Å². The van der Waals surface area contributed by atoms with Crippen LogP contribution in [-0.4, -0.2) is 31.1 Å². The topological polar surface area (TPSA) is 27.7 Å². The predicted molar refractivity (Wildman–Crippen MR) is 73.7 cm³/mol. The molecule has 0 atom stereocenters. The average Bonchev–Trinajstić information content (AvgIpc) is 2.56. The van der Waals surface area contributed by atoms with Crippen molar-refractivity contribution in [2.24, 2.45) is 0 Å². The zero-order valence-electron chi connectivity index (χ0n) is 12.8. The molecule has 1 fully saturated rings. The normalized spacial score (nSPS) is 20.3. The highest BCUT2D eigenvalue weighted by molar-refractivity contribution is 6.62. The molecule has 0 bridgehead atoms. The molecule has 0 spiro atoms. The van der Waals surface area contributed by atoms with Crippen LogP contribution in [0.5, 0.6) is 5.75 Å². The molecule has 1 aromatic carbocycles. The molecular weight excluding hydrogens is 303 g/mol. The minimum atomic E-state index is -4.52. The predicted octanol–water partition coefficient (Wildman–Crippen LogP) is 3.07. The highest BCUT2D eigenvalue weighted by Crippen LogP contribution is 2.36. The number of rotatable bonds is 3. The Morgan fingerprint density at radius 3 is 2.09 bits per heavy atom. The molecule has 0 saturated carbocycles. The molecule has 1 aromatic rings. The van der Waals surface area contributed by atoms with Crippen molar-refractivity contribution in [2.45, 2.75) is 45.1 Å². The van der Waals surface area contributed by atoms with E-state index < -0.39 is 42.7 Å². The van der Waals surface area contributed by atoms with Crippen molar-refractivity contribution in [1.29, 1.82) is 0 Å². The SMILES string of the molecule is CC1(C)OB(c2ccc(OCC(F)(F)F)c(F)c2)OC1(C)C. The van der Waals surface area contributed by atoms with Gasteiger partial charge >= 0.3 is 13.3 Å². The van der Waals surface area contributed by atoms with Crippen LogP contribution in [0.4, 0.5) is 17.6 Å². The summed E-state index contributed by atoms with van der Waals surface area (Å²) in [7, 11) is -0.781. The van der Waals surface area contributed by atoms with Gasteiger partial charge in [-0.25, -0.2) is 4.39 Å². The second-order valence-corrected chi connectivity index (χ2v) is 6.18. The van der Waals surface area contributed by atoms with E-state index in [1.165, 1.54) is 6.07 Å². The lowest BCUT2D eigenvalue weighted by Gasteiger charge is -2.32. The molecule has 122 valence electrons. The molecule has 1 aliphatic heterocycles. The lowest BCUT2D eigenvalue weighted by molar-refractivity contribution is -0.153. The molecule has 0 amide bonds. The van der Waals surface area contributed by atoms with Crippen LogP contribution in [0, 0.1) is 5.82 Å². The summed E-state index contributed by atoms with van der Waals surface area (Å²) >= 11 is 0. The highest BCUT2D eigenvalue weighted by Gasteiger charge is 2.51. The van der Waals surface area contributed by atoms with Crippen LogP contribution in [0.2, 0.25) is 0 Å². The number of alkyl halides is 3. The van der Waals surface area contributed by atoms with Gasteiger partial charge in [0.2, 0.25) is 0 Å². The van der Waals surface area contributed by atoms with Gasteiger partial charge < -0.3 is 14.0 Å². The third kappa shape index (κ3) is 3.55. The van der Waals surface area contributed by atoms with E-state index in [4.69, 9.17) is 9.31 Å². The van der Waals surface area contributed by atoms with Crippen molar-refractivity contribution in [3.8, 4) is 5.75 Å². The lowest BCUT2D eigenvalue weighted by Crippen LogP contribution is -2.41. The first kappa shape index (κ1) is 17.1. The summed E-state index contributed by atoms with van der Waals surface area (Å²) in [4.78, 5) is 0. The Kier molecular flexibility index (Phi) is 4.21.